The van der Waals surface area contributed by atoms with Crippen LogP contribution in [0.1, 0.15) is 56.9 Å². The van der Waals surface area contributed by atoms with Crippen LogP contribution in [0.4, 0.5) is 0 Å². The zero-order chi connectivity index (χ0) is 19.1. The molecular weight excluding hydrogens is 288 g/mol. The zero-order valence-electron chi connectivity index (χ0n) is 16.9. The van der Waals surface area contributed by atoms with Crippen molar-refractivity contribution in [3.8, 4) is 0 Å². The Morgan fingerprint density at radius 1 is 1.26 bits per heavy atom. The summed E-state index contributed by atoms with van der Waals surface area (Å²) in [5.74, 6) is 0.414. The lowest BCUT2D eigenvalue weighted by Crippen LogP contribution is -2.55. The van der Waals surface area contributed by atoms with Crippen LogP contribution < -0.4 is 0 Å². The SMILES string of the molecule is [2H]C([2H])([2H])[C@]1(O)CC[C@H]2[C@@H]3C[C@@H](O)C4=CC(=O)C=C[C@]4(C)[C@H]3CC[C@@]21C. The maximum Gasteiger partial charge on any atom is 0.178 e. The van der Waals surface area contributed by atoms with E-state index in [-0.39, 0.29) is 35.4 Å². The highest BCUT2D eigenvalue weighted by molar-refractivity contribution is 6.01. The highest BCUT2D eigenvalue weighted by atomic mass is 16.3. The second-order valence-corrected chi connectivity index (χ2v) is 8.60. The van der Waals surface area contributed by atoms with Crippen molar-refractivity contribution in [2.45, 2.75) is 64.5 Å². The number of aliphatic hydroxyl groups is 2. The molecule has 126 valence electrons. The monoisotopic (exact) mass is 319 g/mol. The number of hydrogen-bond donors (Lipinski definition) is 2. The molecule has 0 saturated heterocycles. The standard InChI is InChI=1S/C20H28O3/c1-18-7-4-12(21)10-16(18)17(22)11-13-14(18)5-8-19(2)15(13)6-9-20(19,3)23/h4,7,10,13-15,17,22-23H,5-6,8-9,11H2,1-3H3/t13-,14+,15+,17-,18-,19+,20+/m1/s1/i3D3. The van der Waals surface area contributed by atoms with Gasteiger partial charge in [-0.05, 0) is 79.8 Å². The lowest BCUT2D eigenvalue weighted by molar-refractivity contribution is -0.122. The van der Waals surface area contributed by atoms with E-state index in [1.807, 2.05) is 13.0 Å². The lowest BCUT2D eigenvalue weighted by atomic mass is 9.47. The molecule has 0 aromatic heterocycles. The summed E-state index contributed by atoms with van der Waals surface area (Å²) in [5, 5.41) is 22.0. The number of rotatable bonds is 0. The molecule has 4 rings (SSSR count). The van der Waals surface area contributed by atoms with Crippen LogP contribution in [0.2, 0.25) is 0 Å². The third kappa shape index (κ3) is 1.87. The first-order valence-electron chi connectivity index (χ1n) is 10.3. The predicted octanol–water partition coefficient (Wildman–Crippen LogP) is 3.02. The van der Waals surface area contributed by atoms with E-state index in [0.29, 0.717) is 19.3 Å². The molecule has 0 spiro atoms. The molecule has 0 aromatic rings. The van der Waals surface area contributed by atoms with E-state index in [9.17, 15) is 15.0 Å². The van der Waals surface area contributed by atoms with Crippen molar-refractivity contribution < 1.29 is 19.1 Å². The predicted molar refractivity (Wildman–Crippen MR) is 88.6 cm³/mol. The van der Waals surface area contributed by atoms with E-state index >= 15 is 0 Å². The molecule has 7 atom stereocenters. The second-order valence-electron chi connectivity index (χ2n) is 8.60. The largest absolute Gasteiger partial charge is 0.390 e. The van der Waals surface area contributed by atoms with Crippen molar-refractivity contribution in [2.75, 3.05) is 0 Å². The van der Waals surface area contributed by atoms with Gasteiger partial charge in [-0.2, -0.15) is 0 Å². The molecule has 3 saturated carbocycles. The average molecular weight is 319 g/mol. The molecule has 0 radical (unpaired) electrons. The number of carbonyl (C=O) groups excluding carboxylic acids is 1. The number of hydrogen-bond acceptors (Lipinski definition) is 3. The smallest absolute Gasteiger partial charge is 0.178 e. The van der Waals surface area contributed by atoms with Crippen molar-refractivity contribution in [3.05, 3.63) is 23.8 Å². The highest BCUT2D eigenvalue weighted by Gasteiger charge is 2.63. The highest BCUT2D eigenvalue weighted by Crippen LogP contribution is 2.66. The van der Waals surface area contributed by atoms with Gasteiger partial charge in [0.05, 0.1) is 11.7 Å². The molecule has 3 nitrogen and oxygen atoms in total. The van der Waals surface area contributed by atoms with Crippen molar-refractivity contribution in [1.82, 2.24) is 0 Å². The van der Waals surface area contributed by atoms with Crippen LogP contribution in [0.3, 0.4) is 0 Å². The number of ketones is 1. The Bertz CT molecular complexity index is 712. The molecule has 23 heavy (non-hydrogen) atoms. The van der Waals surface area contributed by atoms with E-state index in [2.05, 4.69) is 6.92 Å². The molecular formula is C20H28O3. The molecule has 2 N–H and O–H groups in total. The van der Waals surface area contributed by atoms with Gasteiger partial charge in [-0.15, -0.1) is 0 Å². The summed E-state index contributed by atoms with van der Waals surface area (Å²) in [6.45, 7) is 1.63. The van der Waals surface area contributed by atoms with Gasteiger partial charge in [0, 0.05) is 9.53 Å². The van der Waals surface area contributed by atoms with E-state index in [1.54, 1.807) is 12.2 Å². The van der Waals surface area contributed by atoms with Crippen LogP contribution in [-0.2, 0) is 4.79 Å². The minimum Gasteiger partial charge on any atom is -0.390 e. The number of carbonyl (C=O) groups is 1. The molecule has 0 aromatic carbocycles. The Kier molecular flexibility index (Phi) is 2.47. The van der Waals surface area contributed by atoms with Gasteiger partial charge >= 0.3 is 0 Å². The second kappa shape index (κ2) is 4.58. The molecule has 3 heteroatoms. The van der Waals surface area contributed by atoms with Crippen molar-refractivity contribution in [1.29, 1.82) is 0 Å². The van der Waals surface area contributed by atoms with E-state index < -0.39 is 24.0 Å². The lowest BCUT2D eigenvalue weighted by Gasteiger charge is -2.58. The quantitative estimate of drug-likeness (QED) is 0.721. The fraction of sp³-hybridized carbons (Fsp3) is 0.750. The Balaban J connectivity index is 1.74. The summed E-state index contributed by atoms with van der Waals surface area (Å²) < 4.78 is 23.8. The van der Waals surface area contributed by atoms with Crippen molar-refractivity contribution in [3.63, 3.8) is 0 Å². The molecule has 0 unspecified atom stereocenters. The van der Waals surface area contributed by atoms with Crippen LogP contribution in [0.25, 0.3) is 0 Å². The first-order chi connectivity index (χ1) is 11.9. The third-order valence-electron chi connectivity index (χ3n) is 7.73. The summed E-state index contributed by atoms with van der Waals surface area (Å²) in [5.41, 5.74) is -1.88. The minimum absolute atomic E-state index is 0.0747. The normalized spacial score (nSPS) is 57.5. The van der Waals surface area contributed by atoms with Crippen LogP contribution in [0.15, 0.2) is 23.8 Å². The van der Waals surface area contributed by atoms with Gasteiger partial charge in [-0.1, -0.05) is 19.9 Å². The molecule has 0 amide bonds. The molecule has 0 heterocycles. The van der Waals surface area contributed by atoms with E-state index in [0.717, 1.165) is 12.0 Å². The summed E-state index contributed by atoms with van der Waals surface area (Å²) >= 11 is 0. The van der Waals surface area contributed by atoms with Crippen LogP contribution in [0.5, 0.6) is 0 Å². The maximum atomic E-state index is 11.8. The molecule has 4 aliphatic carbocycles. The third-order valence-corrected chi connectivity index (χ3v) is 7.73. The van der Waals surface area contributed by atoms with Gasteiger partial charge in [0.2, 0.25) is 0 Å². The summed E-state index contributed by atoms with van der Waals surface area (Å²) in [6, 6.07) is 0. The van der Waals surface area contributed by atoms with Crippen molar-refractivity contribution in [2.24, 2.45) is 28.6 Å². The molecule has 0 bridgehead atoms. The zero-order valence-corrected chi connectivity index (χ0v) is 13.9. The summed E-state index contributed by atoms with van der Waals surface area (Å²) in [7, 11) is 0. The first-order valence-corrected chi connectivity index (χ1v) is 8.80. The Morgan fingerprint density at radius 3 is 2.74 bits per heavy atom. The van der Waals surface area contributed by atoms with Gasteiger partial charge < -0.3 is 10.2 Å². The maximum absolute atomic E-state index is 11.8. The summed E-state index contributed by atoms with van der Waals surface area (Å²) in [6.07, 6.45) is 7.42. The van der Waals surface area contributed by atoms with Gasteiger partial charge in [0.1, 0.15) is 0 Å². The first kappa shape index (κ1) is 12.4. The Morgan fingerprint density at radius 2 is 2.00 bits per heavy atom. The van der Waals surface area contributed by atoms with Gasteiger partial charge in [-0.25, -0.2) is 0 Å². The van der Waals surface area contributed by atoms with E-state index in [1.165, 1.54) is 0 Å². The summed E-state index contributed by atoms with van der Waals surface area (Å²) in [4.78, 5) is 11.8. The molecule has 0 aliphatic heterocycles. The minimum atomic E-state index is -2.40. The number of aliphatic hydroxyl groups excluding tert-OH is 1. The number of allylic oxidation sites excluding steroid dienone is 3. The van der Waals surface area contributed by atoms with Crippen molar-refractivity contribution >= 4 is 5.78 Å². The van der Waals surface area contributed by atoms with Gasteiger partial charge in [0.15, 0.2) is 5.78 Å². The van der Waals surface area contributed by atoms with Crippen LogP contribution in [-0.4, -0.2) is 27.7 Å². The van der Waals surface area contributed by atoms with Gasteiger partial charge in [0.25, 0.3) is 0 Å². The topological polar surface area (TPSA) is 57.5 Å². The Hall–Kier alpha value is -0.930. The molecule has 4 aliphatic rings. The Labute approximate surface area is 142 Å². The van der Waals surface area contributed by atoms with E-state index in [4.69, 9.17) is 4.11 Å². The fourth-order valence-electron chi connectivity index (χ4n) is 6.26. The average Bonchev–Trinajstić information content (AvgIpc) is 2.82. The molecule has 3 fully saturated rings. The van der Waals surface area contributed by atoms with Crippen LogP contribution >= 0.6 is 0 Å². The van der Waals surface area contributed by atoms with Crippen LogP contribution in [0, 0.1) is 28.6 Å². The number of fused-ring (bicyclic) bond motifs is 5. The fourth-order valence-corrected chi connectivity index (χ4v) is 6.26. The van der Waals surface area contributed by atoms with Gasteiger partial charge in [-0.3, -0.25) is 4.79 Å².